The van der Waals surface area contributed by atoms with Gasteiger partial charge in [0.05, 0.1) is 16.8 Å². The first-order valence-corrected chi connectivity index (χ1v) is 8.04. The summed E-state index contributed by atoms with van der Waals surface area (Å²) in [5, 5.41) is 11.5. The molecule has 3 nitrogen and oxygen atoms in total. The summed E-state index contributed by atoms with van der Waals surface area (Å²) in [5.41, 5.74) is 3.98. The van der Waals surface area contributed by atoms with Crippen LogP contribution in [-0.2, 0) is 0 Å². The third-order valence-electron chi connectivity index (χ3n) is 4.53. The summed E-state index contributed by atoms with van der Waals surface area (Å²) in [4.78, 5) is 17.2. The Hall–Kier alpha value is -2.94. The maximum Gasteiger partial charge on any atom is 0.199 e. The molecule has 24 heavy (non-hydrogen) atoms. The normalized spacial score (nSPS) is 13.9. The van der Waals surface area contributed by atoms with Gasteiger partial charge in [-0.2, -0.15) is 0 Å². The second kappa shape index (κ2) is 5.31. The fraction of sp³-hybridized carbons (Fsp3) is 0.143. The van der Waals surface area contributed by atoms with E-state index in [1.54, 1.807) is 18.2 Å². The fourth-order valence-electron chi connectivity index (χ4n) is 3.14. The van der Waals surface area contributed by atoms with E-state index in [0.717, 1.165) is 10.9 Å². The molecule has 3 heteroatoms. The van der Waals surface area contributed by atoms with Crippen LogP contribution in [0.1, 0.15) is 46.9 Å². The van der Waals surface area contributed by atoms with E-state index in [-0.39, 0.29) is 17.1 Å². The van der Waals surface area contributed by atoms with Crippen molar-refractivity contribution in [3.8, 4) is 0 Å². The molecule has 0 saturated carbocycles. The molecule has 118 valence electrons. The number of carbonyl (C=O) groups is 1. The Balaban J connectivity index is 1.85. The number of rotatable bonds is 2. The van der Waals surface area contributed by atoms with Crippen LogP contribution >= 0.6 is 0 Å². The monoisotopic (exact) mass is 315 g/mol. The van der Waals surface area contributed by atoms with Crippen molar-refractivity contribution in [3.05, 3.63) is 77.0 Å². The average Bonchev–Trinajstić information content (AvgIpc) is 2.85. The molecule has 1 aliphatic carbocycles. The van der Waals surface area contributed by atoms with E-state index in [0.29, 0.717) is 22.7 Å². The molecule has 1 aliphatic rings. The summed E-state index contributed by atoms with van der Waals surface area (Å²) < 4.78 is 0. The van der Waals surface area contributed by atoms with Crippen molar-refractivity contribution < 1.29 is 9.90 Å². The van der Waals surface area contributed by atoms with Gasteiger partial charge in [0.2, 0.25) is 0 Å². The molecular formula is C21H17NO2. The smallest absolute Gasteiger partial charge is 0.199 e. The molecule has 0 atom stereocenters. The highest BCUT2D eigenvalue weighted by atomic mass is 16.3. The largest absolute Gasteiger partial charge is 0.506 e. The van der Waals surface area contributed by atoms with Gasteiger partial charge in [0.1, 0.15) is 5.76 Å². The number of Topliss-reactive ketones (excluding diaryl/α,β-unsaturated/α-hetero) is 1. The Morgan fingerprint density at radius 1 is 0.958 bits per heavy atom. The molecule has 0 fully saturated rings. The van der Waals surface area contributed by atoms with Crippen molar-refractivity contribution in [1.82, 2.24) is 4.98 Å². The van der Waals surface area contributed by atoms with Crippen LogP contribution < -0.4 is 0 Å². The molecule has 3 aromatic rings. The fourth-order valence-corrected chi connectivity index (χ4v) is 3.14. The van der Waals surface area contributed by atoms with Crippen molar-refractivity contribution in [2.24, 2.45) is 0 Å². The lowest BCUT2D eigenvalue weighted by Crippen LogP contribution is -2.00. The van der Waals surface area contributed by atoms with E-state index in [4.69, 9.17) is 0 Å². The van der Waals surface area contributed by atoms with Crippen LogP contribution in [0.15, 0.2) is 54.6 Å². The predicted molar refractivity (Wildman–Crippen MR) is 96.0 cm³/mol. The quantitative estimate of drug-likeness (QED) is 0.725. The third-order valence-corrected chi connectivity index (χ3v) is 4.53. The summed E-state index contributed by atoms with van der Waals surface area (Å²) >= 11 is 0. The van der Waals surface area contributed by atoms with Gasteiger partial charge in [-0.15, -0.1) is 0 Å². The Bertz CT molecular complexity index is 1020. The molecule has 0 saturated heterocycles. The number of pyridine rings is 1. The number of ketones is 1. The van der Waals surface area contributed by atoms with E-state index in [2.05, 4.69) is 31.0 Å². The summed E-state index contributed by atoms with van der Waals surface area (Å²) in [5.74, 6) is 0.293. The lowest BCUT2D eigenvalue weighted by atomic mass is 10.00. The van der Waals surface area contributed by atoms with Gasteiger partial charge in [0, 0.05) is 16.5 Å². The summed E-state index contributed by atoms with van der Waals surface area (Å²) in [6.45, 7) is 4.31. The number of carbonyl (C=O) groups excluding carboxylic acids is 1. The minimum absolute atomic E-state index is 0.0150. The Morgan fingerprint density at radius 2 is 1.71 bits per heavy atom. The Labute approximate surface area is 140 Å². The van der Waals surface area contributed by atoms with Crippen molar-refractivity contribution in [2.45, 2.75) is 19.8 Å². The number of fused-ring (bicyclic) bond motifs is 2. The summed E-state index contributed by atoms with van der Waals surface area (Å²) in [6, 6.07) is 17.0. The van der Waals surface area contributed by atoms with E-state index in [1.165, 1.54) is 5.56 Å². The first-order valence-electron chi connectivity index (χ1n) is 8.04. The lowest BCUT2D eigenvalue weighted by Gasteiger charge is -2.08. The van der Waals surface area contributed by atoms with Gasteiger partial charge in [0.15, 0.2) is 5.78 Å². The molecule has 0 amide bonds. The minimum Gasteiger partial charge on any atom is -0.506 e. The number of hydrogen-bond donors (Lipinski definition) is 1. The van der Waals surface area contributed by atoms with Gasteiger partial charge in [-0.3, -0.25) is 4.79 Å². The SMILES string of the molecule is CC(C)c1ccc2nc(C3=C(O)c4ccccc4C3=O)ccc2c1. The summed E-state index contributed by atoms with van der Waals surface area (Å²) in [6.07, 6.45) is 0. The maximum atomic E-state index is 12.6. The van der Waals surface area contributed by atoms with Crippen LogP contribution in [0.25, 0.3) is 22.2 Å². The van der Waals surface area contributed by atoms with Crippen LogP contribution in [0, 0.1) is 0 Å². The van der Waals surface area contributed by atoms with Crippen molar-refractivity contribution in [1.29, 1.82) is 0 Å². The van der Waals surface area contributed by atoms with Crippen LogP contribution in [0.5, 0.6) is 0 Å². The van der Waals surface area contributed by atoms with Gasteiger partial charge in [-0.05, 0) is 29.7 Å². The topological polar surface area (TPSA) is 50.2 Å². The van der Waals surface area contributed by atoms with E-state index < -0.39 is 0 Å². The molecule has 0 unspecified atom stereocenters. The number of aromatic nitrogens is 1. The highest BCUT2D eigenvalue weighted by Gasteiger charge is 2.31. The van der Waals surface area contributed by atoms with Crippen LogP contribution in [0.2, 0.25) is 0 Å². The van der Waals surface area contributed by atoms with Gasteiger partial charge < -0.3 is 5.11 Å². The lowest BCUT2D eigenvalue weighted by molar-refractivity contribution is 0.105. The first-order chi connectivity index (χ1) is 11.6. The zero-order valence-corrected chi connectivity index (χ0v) is 13.6. The van der Waals surface area contributed by atoms with Gasteiger partial charge >= 0.3 is 0 Å². The van der Waals surface area contributed by atoms with E-state index in [9.17, 15) is 9.90 Å². The highest BCUT2D eigenvalue weighted by Crippen LogP contribution is 2.36. The molecule has 1 heterocycles. The average molecular weight is 315 g/mol. The number of benzene rings is 2. The molecule has 0 radical (unpaired) electrons. The molecule has 0 bridgehead atoms. The predicted octanol–water partition coefficient (Wildman–Crippen LogP) is 4.98. The van der Waals surface area contributed by atoms with E-state index in [1.807, 2.05) is 24.3 Å². The molecular weight excluding hydrogens is 298 g/mol. The number of aliphatic hydroxyl groups is 1. The molecule has 4 rings (SSSR count). The van der Waals surface area contributed by atoms with Gasteiger partial charge in [-0.25, -0.2) is 4.98 Å². The standard InChI is InChI=1S/C21H17NO2/c1-12(2)13-7-9-17-14(11-13)8-10-18(22-17)19-20(23)15-5-3-4-6-16(15)21(19)24/h3-12,23H,1-2H3. The molecule has 0 spiro atoms. The molecule has 1 N–H and O–H groups in total. The van der Waals surface area contributed by atoms with Gasteiger partial charge in [0.25, 0.3) is 0 Å². The Kier molecular flexibility index (Phi) is 3.24. The molecule has 0 aliphatic heterocycles. The summed E-state index contributed by atoms with van der Waals surface area (Å²) in [7, 11) is 0. The highest BCUT2D eigenvalue weighted by molar-refractivity contribution is 6.38. The van der Waals surface area contributed by atoms with Crippen molar-refractivity contribution in [2.75, 3.05) is 0 Å². The first kappa shape index (κ1) is 14.6. The zero-order valence-electron chi connectivity index (χ0n) is 13.6. The van der Waals surface area contributed by atoms with E-state index >= 15 is 0 Å². The third kappa shape index (κ3) is 2.13. The van der Waals surface area contributed by atoms with Crippen LogP contribution in [0.4, 0.5) is 0 Å². The number of nitrogens with zero attached hydrogens (tertiary/aromatic N) is 1. The van der Waals surface area contributed by atoms with Crippen molar-refractivity contribution in [3.63, 3.8) is 0 Å². The minimum atomic E-state index is -0.172. The number of aliphatic hydroxyl groups excluding tert-OH is 1. The number of hydrogen-bond acceptors (Lipinski definition) is 3. The molecule has 2 aromatic carbocycles. The Morgan fingerprint density at radius 3 is 2.42 bits per heavy atom. The van der Waals surface area contributed by atoms with Gasteiger partial charge in [-0.1, -0.05) is 50.2 Å². The van der Waals surface area contributed by atoms with Crippen LogP contribution in [0.3, 0.4) is 0 Å². The van der Waals surface area contributed by atoms with Crippen LogP contribution in [-0.4, -0.2) is 15.9 Å². The maximum absolute atomic E-state index is 12.6. The molecule has 1 aromatic heterocycles. The second-order valence-electron chi connectivity index (χ2n) is 6.40. The number of allylic oxidation sites excluding steroid dienone is 1. The zero-order chi connectivity index (χ0) is 16.8. The second-order valence-corrected chi connectivity index (χ2v) is 6.40. The van der Waals surface area contributed by atoms with Crippen molar-refractivity contribution >= 4 is 28.0 Å².